The lowest BCUT2D eigenvalue weighted by Crippen LogP contribution is -2.35. The number of anilines is 2. The third-order valence-corrected chi connectivity index (χ3v) is 5.62. The summed E-state index contributed by atoms with van der Waals surface area (Å²) in [6.45, 7) is 1.77. The molecule has 0 N–H and O–H groups in total. The van der Waals surface area contributed by atoms with Crippen molar-refractivity contribution in [1.82, 2.24) is 9.97 Å². The first kappa shape index (κ1) is 19.8. The maximum atomic E-state index is 12.8. The van der Waals surface area contributed by atoms with Crippen molar-refractivity contribution in [2.45, 2.75) is 18.8 Å². The molecule has 0 bridgehead atoms. The van der Waals surface area contributed by atoms with E-state index in [0.717, 1.165) is 32.2 Å². The second-order valence-corrected chi connectivity index (χ2v) is 7.49. The third kappa shape index (κ3) is 4.22. The number of piperidine rings is 1. The normalized spacial score (nSPS) is 14.4. The van der Waals surface area contributed by atoms with E-state index in [1.54, 1.807) is 43.6 Å². The smallest absolute Gasteiger partial charge is 0.259 e. The van der Waals surface area contributed by atoms with Gasteiger partial charge in [-0.1, -0.05) is 42.5 Å². The van der Waals surface area contributed by atoms with Gasteiger partial charge < -0.3 is 4.90 Å². The molecule has 6 nitrogen and oxygen atoms in total. The minimum atomic E-state index is -0.181. The van der Waals surface area contributed by atoms with E-state index in [1.807, 2.05) is 6.07 Å². The second-order valence-electron chi connectivity index (χ2n) is 7.49. The molecule has 3 aromatic rings. The summed E-state index contributed by atoms with van der Waals surface area (Å²) in [7, 11) is 1.70. The Kier molecular flexibility index (Phi) is 5.84. The number of hydrogen-bond donors (Lipinski definition) is 0. The summed E-state index contributed by atoms with van der Waals surface area (Å²) in [5, 5.41) is 0. The number of hydrogen-bond acceptors (Lipinski definition) is 5. The molecule has 1 saturated heterocycles. The summed E-state index contributed by atoms with van der Waals surface area (Å²) < 4.78 is 0. The Morgan fingerprint density at radius 1 is 1.03 bits per heavy atom. The third-order valence-electron chi connectivity index (χ3n) is 5.62. The zero-order valence-electron chi connectivity index (χ0n) is 16.9. The molecule has 0 aliphatic carbocycles. The van der Waals surface area contributed by atoms with Crippen LogP contribution in [0.5, 0.6) is 0 Å². The molecule has 30 heavy (non-hydrogen) atoms. The molecule has 1 aromatic heterocycles. The molecule has 0 radical (unpaired) electrons. The summed E-state index contributed by atoms with van der Waals surface area (Å²) in [5.41, 5.74) is 2.43. The van der Waals surface area contributed by atoms with Crippen LogP contribution in [0.3, 0.4) is 0 Å². The largest absolute Gasteiger partial charge is 0.341 e. The summed E-state index contributed by atoms with van der Waals surface area (Å²) >= 11 is 0. The summed E-state index contributed by atoms with van der Waals surface area (Å²) in [6, 6.07) is 18.9. The maximum Gasteiger partial charge on any atom is 0.259 e. The fraction of sp³-hybridized carbons (Fsp3) is 0.250. The number of amides is 1. The summed E-state index contributed by atoms with van der Waals surface area (Å²) in [6.07, 6.45) is 4.56. The van der Waals surface area contributed by atoms with Crippen LogP contribution < -0.4 is 9.80 Å². The van der Waals surface area contributed by atoms with Gasteiger partial charge in [0, 0.05) is 37.5 Å². The van der Waals surface area contributed by atoms with Gasteiger partial charge in [0.15, 0.2) is 0 Å². The molecule has 4 rings (SSSR count). The lowest BCUT2D eigenvalue weighted by molar-refractivity contribution is 0.0991. The van der Waals surface area contributed by atoms with Crippen LogP contribution >= 0.6 is 0 Å². The first-order valence-corrected chi connectivity index (χ1v) is 10.1. The average Bonchev–Trinajstić information content (AvgIpc) is 2.84. The number of rotatable bonds is 5. The Bertz CT molecular complexity index is 1010. The molecule has 0 unspecified atom stereocenters. The predicted octanol–water partition coefficient (Wildman–Crippen LogP) is 3.95. The van der Waals surface area contributed by atoms with Crippen LogP contribution in [0.2, 0.25) is 0 Å². The van der Waals surface area contributed by atoms with Gasteiger partial charge in [-0.2, -0.15) is 4.98 Å². The second kappa shape index (κ2) is 8.86. The van der Waals surface area contributed by atoms with Crippen LogP contribution in [0, 0.1) is 0 Å². The van der Waals surface area contributed by atoms with E-state index in [9.17, 15) is 9.59 Å². The fourth-order valence-electron chi connectivity index (χ4n) is 3.82. The number of carbonyl (C=O) groups is 2. The van der Waals surface area contributed by atoms with Gasteiger partial charge in [0.25, 0.3) is 5.91 Å². The molecule has 1 aliphatic heterocycles. The van der Waals surface area contributed by atoms with Crippen molar-refractivity contribution in [3.05, 3.63) is 83.6 Å². The van der Waals surface area contributed by atoms with Gasteiger partial charge in [0.05, 0.1) is 0 Å². The first-order valence-electron chi connectivity index (χ1n) is 10.1. The zero-order valence-corrected chi connectivity index (χ0v) is 16.9. The first-order chi connectivity index (χ1) is 14.7. The highest BCUT2D eigenvalue weighted by molar-refractivity contribution is 6.05. The van der Waals surface area contributed by atoms with Crippen molar-refractivity contribution >= 4 is 24.0 Å². The predicted molar refractivity (Wildman–Crippen MR) is 117 cm³/mol. The molecule has 152 valence electrons. The standard InChI is InChI=1S/C24H24N4O2/c1-27(23(30)21-9-7-18(17-29)8-10-21)22-11-14-25-24(26-22)28-15-12-20(13-16-28)19-5-3-2-4-6-19/h2-11,14,17,20H,12-13,15-16H2,1H3. The van der Waals surface area contributed by atoms with Gasteiger partial charge >= 0.3 is 0 Å². The molecular formula is C24H24N4O2. The Morgan fingerprint density at radius 3 is 2.40 bits per heavy atom. The van der Waals surface area contributed by atoms with Crippen LogP contribution in [0.15, 0.2) is 66.9 Å². The van der Waals surface area contributed by atoms with Crippen molar-refractivity contribution in [3.8, 4) is 0 Å². The highest BCUT2D eigenvalue weighted by Gasteiger charge is 2.23. The molecular weight excluding hydrogens is 376 g/mol. The van der Waals surface area contributed by atoms with Gasteiger partial charge in [-0.15, -0.1) is 0 Å². The molecule has 6 heteroatoms. The van der Waals surface area contributed by atoms with Gasteiger partial charge in [-0.05, 0) is 42.5 Å². The van der Waals surface area contributed by atoms with Gasteiger partial charge in [-0.3, -0.25) is 14.5 Å². The summed E-state index contributed by atoms with van der Waals surface area (Å²) in [4.78, 5) is 36.4. The number of aldehydes is 1. The topological polar surface area (TPSA) is 66.4 Å². The van der Waals surface area contributed by atoms with E-state index < -0.39 is 0 Å². The van der Waals surface area contributed by atoms with E-state index in [1.165, 1.54) is 10.5 Å². The molecule has 0 spiro atoms. The zero-order chi connectivity index (χ0) is 20.9. The molecule has 0 atom stereocenters. The van der Waals surface area contributed by atoms with Crippen LogP contribution in [0.4, 0.5) is 11.8 Å². The van der Waals surface area contributed by atoms with Crippen molar-refractivity contribution in [2.24, 2.45) is 0 Å². The SMILES string of the molecule is CN(C(=O)c1ccc(C=O)cc1)c1ccnc(N2CCC(c3ccccc3)CC2)n1. The van der Waals surface area contributed by atoms with E-state index in [-0.39, 0.29) is 5.91 Å². The Balaban J connectivity index is 1.44. The minimum absolute atomic E-state index is 0.181. The van der Waals surface area contributed by atoms with Crippen molar-refractivity contribution in [2.75, 3.05) is 29.9 Å². The monoisotopic (exact) mass is 400 g/mol. The Hall–Kier alpha value is -3.54. The lowest BCUT2D eigenvalue weighted by atomic mass is 9.90. The van der Waals surface area contributed by atoms with Gasteiger partial charge in [0.2, 0.25) is 5.95 Å². The Morgan fingerprint density at radius 2 is 1.73 bits per heavy atom. The van der Waals surface area contributed by atoms with E-state index in [0.29, 0.717) is 28.8 Å². The molecule has 2 aromatic carbocycles. The van der Waals surface area contributed by atoms with Gasteiger partial charge in [0.1, 0.15) is 12.1 Å². The van der Waals surface area contributed by atoms with Crippen molar-refractivity contribution < 1.29 is 9.59 Å². The maximum absolute atomic E-state index is 12.8. The molecule has 0 saturated carbocycles. The van der Waals surface area contributed by atoms with Crippen LogP contribution in [0.25, 0.3) is 0 Å². The van der Waals surface area contributed by atoms with Crippen LogP contribution in [-0.2, 0) is 0 Å². The van der Waals surface area contributed by atoms with E-state index in [4.69, 9.17) is 0 Å². The highest BCUT2D eigenvalue weighted by Crippen LogP contribution is 2.29. The van der Waals surface area contributed by atoms with E-state index in [2.05, 4.69) is 39.1 Å². The minimum Gasteiger partial charge on any atom is -0.341 e. The number of nitrogens with zero attached hydrogens (tertiary/aromatic N) is 4. The average molecular weight is 400 g/mol. The molecule has 1 amide bonds. The molecule has 1 fully saturated rings. The quantitative estimate of drug-likeness (QED) is 0.607. The van der Waals surface area contributed by atoms with Crippen LogP contribution in [-0.4, -0.2) is 42.3 Å². The van der Waals surface area contributed by atoms with Gasteiger partial charge in [-0.25, -0.2) is 4.98 Å². The van der Waals surface area contributed by atoms with E-state index >= 15 is 0 Å². The Labute approximate surface area is 176 Å². The summed E-state index contributed by atoms with van der Waals surface area (Å²) in [5.74, 6) is 1.58. The lowest BCUT2D eigenvalue weighted by Gasteiger charge is -2.32. The fourth-order valence-corrected chi connectivity index (χ4v) is 3.82. The van der Waals surface area contributed by atoms with Crippen LogP contribution in [0.1, 0.15) is 45.0 Å². The van der Waals surface area contributed by atoms with Crippen molar-refractivity contribution in [1.29, 1.82) is 0 Å². The van der Waals surface area contributed by atoms with Crippen molar-refractivity contribution in [3.63, 3.8) is 0 Å². The number of carbonyl (C=O) groups excluding carboxylic acids is 2. The number of benzene rings is 2. The molecule has 2 heterocycles. The highest BCUT2D eigenvalue weighted by atomic mass is 16.2. The molecule has 1 aliphatic rings. The number of aromatic nitrogens is 2.